The molecule has 5 heteroatoms. The molecule has 2 amide bonds. The molecule has 33 heavy (non-hydrogen) atoms. The average Bonchev–Trinajstić information content (AvgIpc) is 3.28. The maximum Gasteiger partial charge on any atom is 0.255 e. The second-order valence-corrected chi connectivity index (χ2v) is 8.70. The lowest BCUT2D eigenvalue weighted by Crippen LogP contribution is -2.45. The molecule has 0 saturated carbocycles. The van der Waals surface area contributed by atoms with Crippen LogP contribution in [0, 0.1) is 12.3 Å². The number of aryl methyl sites for hydroxylation is 1. The van der Waals surface area contributed by atoms with Gasteiger partial charge in [-0.3, -0.25) is 14.6 Å². The van der Waals surface area contributed by atoms with Crippen LogP contribution in [-0.2, 0) is 11.2 Å². The first-order valence-electron chi connectivity index (χ1n) is 11.3. The number of hydrogen-bond donors (Lipinski definition) is 1. The van der Waals surface area contributed by atoms with Gasteiger partial charge in [0.05, 0.1) is 11.0 Å². The minimum absolute atomic E-state index is 0.0390. The molecule has 5 nitrogen and oxygen atoms in total. The van der Waals surface area contributed by atoms with E-state index in [0.717, 1.165) is 16.7 Å². The maximum absolute atomic E-state index is 13.4. The summed E-state index contributed by atoms with van der Waals surface area (Å²) in [5.41, 5.74) is 4.38. The number of nitrogens with one attached hydrogen (secondary N) is 1. The van der Waals surface area contributed by atoms with Crippen LogP contribution < -0.4 is 5.32 Å². The van der Waals surface area contributed by atoms with E-state index in [-0.39, 0.29) is 11.8 Å². The molecule has 0 radical (unpaired) electrons. The first-order valence-corrected chi connectivity index (χ1v) is 11.3. The van der Waals surface area contributed by atoms with Crippen LogP contribution in [0.15, 0.2) is 85.7 Å². The third-order valence-corrected chi connectivity index (χ3v) is 6.31. The lowest BCUT2D eigenvalue weighted by Gasteiger charge is -2.29. The number of aromatic nitrogens is 1. The van der Waals surface area contributed by atoms with Gasteiger partial charge in [0.15, 0.2) is 0 Å². The monoisotopic (exact) mass is 439 g/mol. The second-order valence-electron chi connectivity index (χ2n) is 8.70. The van der Waals surface area contributed by atoms with Crippen LogP contribution in [0.2, 0.25) is 0 Å². The number of pyridine rings is 1. The SMILES string of the molecule is C=CCNC(=O)C1(Cc2ccccc2-c2cccc(C)c2)CCN(C(=O)c2cccnc2)C1. The average molecular weight is 440 g/mol. The summed E-state index contributed by atoms with van der Waals surface area (Å²) in [5.74, 6) is -0.128. The van der Waals surface area contributed by atoms with Gasteiger partial charge in [0.1, 0.15) is 0 Å². The fourth-order valence-electron chi connectivity index (χ4n) is 4.61. The molecule has 2 aromatic carbocycles. The summed E-state index contributed by atoms with van der Waals surface area (Å²) in [6.07, 6.45) is 6.06. The van der Waals surface area contributed by atoms with Crippen LogP contribution in [0.4, 0.5) is 0 Å². The summed E-state index contributed by atoms with van der Waals surface area (Å²) in [6.45, 7) is 7.10. The van der Waals surface area contributed by atoms with Gasteiger partial charge in [-0.1, -0.05) is 60.2 Å². The zero-order valence-electron chi connectivity index (χ0n) is 19.0. The molecule has 1 N–H and O–H groups in total. The van der Waals surface area contributed by atoms with Crippen molar-refractivity contribution >= 4 is 11.8 Å². The number of amides is 2. The molecule has 2 heterocycles. The van der Waals surface area contributed by atoms with Crippen molar-refractivity contribution in [3.8, 4) is 11.1 Å². The van der Waals surface area contributed by atoms with Crippen molar-refractivity contribution in [2.24, 2.45) is 5.41 Å². The highest BCUT2D eigenvalue weighted by Gasteiger charge is 2.46. The van der Waals surface area contributed by atoms with Gasteiger partial charge in [0, 0.05) is 32.0 Å². The highest BCUT2D eigenvalue weighted by Crippen LogP contribution is 2.38. The Labute approximate surface area is 195 Å². The standard InChI is InChI=1S/C28H29N3O2/c1-3-14-30-27(33)28(13-16-31(20-28)26(32)24-11-7-15-29-19-24)18-23-9-4-5-12-25(23)22-10-6-8-21(2)17-22/h3-12,15,17,19H,1,13-14,16,18,20H2,2H3,(H,30,33). The van der Waals surface area contributed by atoms with E-state index in [0.29, 0.717) is 38.0 Å². The molecule has 168 valence electrons. The lowest BCUT2D eigenvalue weighted by atomic mass is 9.78. The number of benzene rings is 2. The van der Waals surface area contributed by atoms with Gasteiger partial charge in [-0.2, -0.15) is 0 Å². The zero-order chi connectivity index (χ0) is 23.3. The van der Waals surface area contributed by atoms with E-state index in [1.165, 1.54) is 5.56 Å². The molecule has 1 aliphatic heterocycles. The van der Waals surface area contributed by atoms with Crippen LogP contribution in [0.5, 0.6) is 0 Å². The molecule has 0 bridgehead atoms. The number of likely N-dealkylation sites (tertiary alicyclic amines) is 1. The molecule has 1 fully saturated rings. The molecule has 0 spiro atoms. The summed E-state index contributed by atoms with van der Waals surface area (Å²) < 4.78 is 0. The van der Waals surface area contributed by atoms with Crippen molar-refractivity contribution < 1.29 is 9.59 Å². The first kappa shape index (κ1) is 22.5. The molecule has 4 rings (SSSR count). The fourth-order valence-corrected chi connectivity index (χ4v) is 4.61. The molecule has 3 aromatic rings. The number of carbonyl (C=O) groups is 2. The van der Waals surface area contributed by atoms with E-state index in [4.69, 9.17) is 0 Å². The second kappa shape index (κ2) is 9.82. The van der Waals surface area contributed by atoms with Gasteiger partial charge >= 0.3 is 0 Å². The minimum atomic E-state index is -0.708. The van der Waals surface area contributed by atoms with Crippen molar-refractivity contribution in [2.75, 3.05) is 19.6 Å². The molecule has 1 atom stereocenters. The van der Waals surface area contributed by atoms with Crippen molar-refractivity contribution in [1.82, 2.24) is 15.2 Å². The molecular weight excluding hydrogens is 410 g/mol. The van der Waals surface area contributed by atoms with E-state index >= 15 is 0 Å². The van der Waals surface area contributed by atoms with E-state index < -0.39 is 5.41 Å². The van der Waals surface area contributed by atoms with E-state index in [2.05, 4.69) is 60.2 Å². The highest BCUT2D eigenvalue weighted by molar-refractivity contribution is 5.95. The summed E-state index contributed by atoms with van der Waals surface area (Å²) in [6, 6.07) is 20.1. The molecule has 0 aliphatic carbocycles. The van der Waals surface area contributed by atoms with E-state index in [1.807, 2.05) is 12.1 Å². The van der Waals surface area contributed by atoms with Crippen LogP contribution in [0.1, 0.15) is 27.9 Å². The largest absolute Gasteiger partial charge is 0.352 e. The van der Waals surface area contributed by atoms with Crippen LogP contribution in [-0.4, -0.2) is 41.3 Å². The van der Waals surface area contributed by atoms with Gasteiger partial charge < -0.3 is 10.2 Å². The topological polar surface area (TPSA) is 62.3 Å². The van der Waals surface area contributed by atoms with Crippen molar-refractivity contribution in [2.45, 2.75) is 19.8 Å². The van der Waals surface area contributed by atoms with Crippen molar-refractivity contribution in [3.05, 3.63) is 102 Å². The Balaban J connectivity index is 1.66. The number of hydrogen-bond acceptors (Lipinski definition) is 3. The third-order valence-electron chi connectivity index (χ3n) is 6.31. The normalized spacial score (nSPS) is 17.5. The summed E-state index contributed by atoms with van der Waals surface area (Å²) >= 11 is 0. The first-order chi connectivity index (χ1) is 16.0. The highest BCUT2D eigenvalue weighted by atomic mass is 16.2. The third kappa shape index (κ3) is 4.87. The number of rotatable bonds is 7. The molecular formula is C28H29N3O2. The van der Waals surface area contributed by atoms with Gasteiger partial charge in [0.25, 0.3) is 5.91 Å². The molecule has 1 unspecified atom stereocenters. The summed E-state index contributed by atoms with van der Waals surface area (Å²) in [4.78, 5) is 32.4. The van der Waals surface area contributed by atoms with Crippen molar-refractivity contribution in [1.29, 1.82) is 0 Å². The Bertz CT molecular complexity index is 1160. The molecule has 1 aliphatic rings. The van der Waals surface area contributed by atoms with Gasteiger partial charge in [-0.25, -0.2) is 0 Å². The maximum atomic E-state index is 13.4. The predicted octanol–water partition coefficient (Wildman–Crippen LogP) is 4.43. The Morgan fingerprint density at radius 2 is 2.00 bits per heavy atom. The Kier molecular flexibility index (Phi) is 6.68. The smallest absolute Gasteiger partial charge is 0.255 e. The van der Waals surface area contributed by atoms with E-state index in [9.17, 15) is 9.59 Å². The van der Waals surface area contributed by atoms with Crippen LogP contribution in [0.3, 0.4) is 0 Å². The Morgan fingerprint density at radius 3 is 2.76 bits per heavy atom. The zero-order valence-corrected chi connectivity index (χ0v) is 19.0. The van der Waals surface area contributed by atoms with Crippen LogP contribution in [0.25, 0.3) is 11.1 Å². The Morgan fingerprint density at radius 1 is 1.15 bits per heavy atom. The predicted molar refractivity (Wildman–Crippen MR) is 131 cm³/mol. The summed E-state index contributed by atoms with van der Waals surface area (Å²) in [7, 11) is 0. The van der Waals surface area contributed by atoms with Gasteiger partial charge in [-0.15, -0.1) is 6.58 Å². The number of nitrogens with zero attached hydrogens (tertiary/aromatic N) is 2. The Hall–Kier alpha value is -3.73. The lowest BCUT2D eigenvalue weighted by molar-refractivity contribution is -0.130. The fraction of sp³-hybridized carbons (Fsp3) is 0.250. The molecule has 1 saturated heterocycles. The van der Waals surface area contributed by atoms with Crippen molar-refractivity contribution in [3.63, 3.8) is 0 Å². The quantitative estimate of drug-likeness (QED) is 0.554. The van der Waals surface area contributed by atoms with Gasteiger partial charge in [0.2, 0.25) is 5.91 Å². The molecule has 1 aromatic heterocycles. The minimum Gasteiger partial charge on any atom is -0.352 e. The van der Waals surface area contributed by atoms with Crippen LogP contribution >= 0.6 is 0 Å². The summed E-state index contributed by atoms with van der Waals surface area (Å²) in [5, 5.41) is 3.00. The number of carbonyl (C=O) groups excluding carboxylic acids is 2. The van der Waals surface area contributed by atoms with E-state index in [1.54, 1.807) is 35.5 Å². The van der Waals surface area contributed by atoms with Gasteiger partial charge in [-0.05, 0) is 48.6 Å².